The molecule has 1 aliphatic carbocycles. The van der Waals surface area contributed by atoms with Crippen LogP contribution in [0.2, 0.25) is 0 Å². The van der Waals surface area contributed by atoms with E-state index >= 15 is 0 Å². The van der Waals surface area contributed by atoms with Crippen molar-refractivity contribution >= 4 is 5.69 Å². The number of nitriles is 1. The van der Waals surface area contributed by atoms with Crippen molar-refractivity contribution in [2.75, 3.05) is 32.6 Å². The van der Waals surface area contributed by atoms with Gasteiger partial charge in [-0.3, -0.25) is 0 Å². The van der Waals surface area contributed by atoms with Crippen LogP contribution in [0.3, 0.4) is 0 Å². The van der Waals surface area contributed by atoms with Crippen LogP contribution in [0.25, 0.3) is 0 Å². The van der Waals surface area contributed by atoms with E-state index in [4.69, 9.17) is 5.26 Å². The van der Waals surface area contributed by atoms with E-state index in [9.17, 15) is 4.39 Å². The fraction of sp³-hybridized carbons (Fsp3) is 0.533. The zero-order valence-corrected chi connectivity index (χ0v) is 11.8. The van der Waals surface area contributed by atoms with Gasteiger partial charge in [0.05, 0.1) is 11.3 Å². The van der Waals surface area contributed by atoms with E-state index in [1.807, 2.05) is 7.05 Å². The summed E-state index contributed by atoms with van der Waals surface area (Å²) in [7, 11) is 6.17. The first-order valence-electron chi connectivity index (χ1n) is 6.57. The summed E-state index contributed by atoms with van der Waals surface area (Å²) < 4.78 is 13.2. The van der Waals surface area contributed by atoms with Gasteiger partial charge in [0, 0.05) is 19.1 Å². The van der Waals surface area contributed by atoms with Gasteiger partial charge in [0.1, 0.15) is 11.9 Å². The number of anilines is 1. The Morgan fingerprint density at radius 3 is 2.47 bits per heavy atom. The summed E-state index contributed by atoms with van der Waals surface area (Å²) in [6, 6.07) is 6.48. The number of hydrogen-bond donors (Lipinski definition) is 0. The van der Waals surface area contributed by atoms with Crippen LogP contribution in [0, 0.1) is 17.1 Å². The molecule has 0 N–H and O–H groups in total. The van der Waals surface area contributed by atoms with Gasteiger partial charge in [-0.2, -0.15) is 5.26 Å². The molecule has 0 radical (unpaired) electrons. The van der Waals surface area contributed by atoms with Crippen molar-refractivity contribution in [3.05, 3.63) is 29.6 Å². The molecule has 0 bridgehead atoms. The Kier molecular flexibility index (Phi) is 3.77. The summed E-state index contributed by atoms with van der Waals surface area (Å²) in [6.45, 7) is 0.861. The summed E-state index contributed by atoms with van der Waals surface area (Å²) in [5.41, 5.74) is 1.39. The minimum absolute atomic E-state index is 0.190. The molecule has 19 heavy (non-hydrogen) atoms. The maximum atomic E-state index is 13.2. The highest BCUT2D eigenvalue weighted by atomic mass is 19.1. The third-order valence-corrected chi connectivity index (χ3v) is 4.25. The zero-order valence-electron chi connectivity index (χ0n) is 11.8. The second-order valence-electron chi connectivity index (χ2n) is 5.60. The van der Waals surface area contributed by atoms with Gasteiger partial charge in [-0.1, -0.05) is 0 Å². The molecule has 0 heterocycles. The lowest BCUT2D eigenvalue weighted by atomic mass is 9.75. The topological polar surface area (TPSA) is 30.3 Å². The van der Waals surface area contributed by atoms with E-state index in [2.05, 4.69) is 30.0 Å². The molecular weight excluding hydrogens is 241 g/mol. The molecule has 3 nitrogen and oxygen atoms in total. The molecule has 0 amide bonds. The van der Waals surface area contributed by atoms with Gasteiger partial charge in [-0.15, -0.1) is 0 Å². The molecule has 1 aromatic carbocycles. The predicted octanol–water partition coefficient (Wildman–Crippen LogP) is 2.62. The molecule has 1 saturated carbocycles. The summed E-state index contributed by atoms with van der Waals surface area (Å²) in [6.07, 6.45) is 3.60. The van der Waals surface area contributed by atoms with Crippen LogP contribution in [0.5, 0.6) is 0 Å². The lowest BCUT2D eigenvalue weighted by Gasteiger charge is -2.49. The van der Waals surface area contributed by atoms with Crippen molar-refractivity contribution in [3.63, 3.8) is 0 Å². The van der Waals surface area contributed by atoms with Crippen molar-refractivity contribution in [1.29, 1.82) is 5.26 Å². The molecule has 0 aliphatic heterocycles. The van der Waals surface area contributed by atoms with Crippen molar-refractivity contribution in [1.82, 2.24) is 4.90 Å². The number of likely N-dealkylation sites (N-methyl/N-ethyl adjacent to an activating group) is 2. The second kappa shape index (κ2) is 5.18. The second-order valence-corrected chi connectivity index (χ2v) is 5.60. The van der Waals surface area contributed by atoms with Crippen LogP contribution in [0.1, 0.15) is 24.8 Å². The predicted molar refractivity (Wildman–Crippen MR) is 74.7 cm³/mol. The van der Waals surface area contributed by atoms with Gasteiger partial charge >= 0.3 is 0 Å². The van der Waals surface area contributed by atoms with E-state index < -0.39 is 0 Å². The first-order valence-corrected chi connectivity index (χ1v) is 6.57. The Hall–Kier alpha value is -1.60. The van der Waals surface area contributed by atoms with E-state index in [0.29, 0.717) is 5.56 Å². The molecule has 0 saturated heterocycles. The smallest absolute Gasteiger partial charge is 0.124 e. The van der Waals surface area contributed by atoms with Gasteiger partial charge < -0.3 is 9.80 Å². The number of benzene rings is 1. The van der Waals surface area contributed by atoms with E-state index in [1.54, 1.807) is 6.07 Å². The quantitative estimate of drug-likeness (QED) is 0.834. The fourth-order valence-electron chi connectivity index (χ4n) is 2.79. The molecule has 0 atom stereocenters. The molecule has 1 fully saturated rings. The number of hydrogen-bond acceptors (Lipinski definition) is 3. The molecular formula is C15H20FN3. The average molecular weight is 261 g/mol. The Morgan fingerprint density at radius 2 is 2.00 bits per heavy atom. The van der Waals surface area contributed by atoms with E-state index in [0.717, 1.165) is 12.2 Å². The standard InChI is InChI=1S/C15H20FN3/c1-18(2)15(7-4-8-15)11-19(3)14-6-5-13(16)9-12(14)10-17/h5-6,9H,4,7-8,11H2,1-3H3. The molecule has 0 aromatic heterocycles. The highest BCUT2D eigenvalue weighted by molar-refractivity contribution is 5.59. The largest absolute Gasteiger partial charge is 0.372 e. The van der Waals surface area contributed by atoms with Crippen LogP contribution in [-0.4, -0.2) is 38.1 Å². The lowest BCUT2D eigenvalue weighted by Crippen LogP contribution is -2.56. The highest BCUT2D eigenvalue weighted by Gasteiger charge is 2.40. The summed E-state index contributed by atoms with van der Waals surface area (Å²) >= 11 is 0. The Balaban J connectivity index is 2.21. The average Bonchev–Trinajstić information content (AvgIpc) is 2.32. The normalized spacial score (nSPS) is 16.8. The van der Waals surface area contributed by atoms with Crippen LogP contribution in [0.15, 0.2) is 18.2 Å². The Labute approximate surface area is 114 Å². The highest BCUT2D eigenvalue weighted by Crippen LogP contribution is 2.37. The molecule has 4 heteroatoms. The van der Waals surface area contributed by atoms with Crippen molar-refractivity contribution in [2.45, 2.75) is 24.8 Å². The minimum atomic E-state index is -0.361. The summed E-state index contributed by atoms with van der Waals surface area (Å²) in [5, 5.41) is 9.12. The maximum Gasteiger partial charge on any atom is 0.124 e. The number of halogens is 1. The first kappa shape index (κ1) is 13.8. The van der Waals surface area contributed by atoms with Gasteiger partial charge in [0.15, 0.2) is 0 Å². The van der Waals surface area contributed by atoms with Crippen molar-refractivity contribution < 1.29 is 4.39 Å². The number of nitrogens with zero attached hydrogens (tertiary/aromatic N) is 3. The molecule has 0 unspecified atom stereocenters. The van der Waals surface area contributed by atoms with Gasteiger partial charge in [-0.25, -0.2) is 4.39 Å². The van der Waals surface area contributed by atoms with Crippen LogP contribution < -0.4 is 4.90 Å². The van der Waals surface area contributed by atoms with Crippen LogP contribution in [0.4, 0.5) is 10.1 Å². The van der Waals surface area contributed by atoms with Gasteiger partial charge in [0.2, 0.25) is 0 Å². The SMILES string of the molecule is CN(CC1(N(C)C)CCC1)c1ccc(F)cc1C#N. The summed E-state index contributed by atoms with van der Waals surface area (Å²) in [4.78, 5) is 4.33. The van der Waals surface area contributed by atoms with Crippen molar-refractivity contribution in [2.24, 2.45) is 0 Å². The van der Waals surface area contributed by atoms with Gasteiger partial charge in [0.25, 0.3) is 0 Å². The van der Waals surface area contributed by atoms with E-state index in [1.165, 1.54) is 31.4 Å². The zero-order chi connectivity index (χ0) is 14.0. The molecule has 1 aromatic rings. The third-order valence-electron chi connectivity index (χ3n) is 4.25. The first-order chi connectivity index (χ1) is 8.98. The Morgan fingerprint density at radius 1 is 1.32 bits per heavy atom. The number of rotatable bonds is 4. The third kappa shape index (κ3) is 2.57. The monoisotopic (exact) mass is 261 g/mol. The lowest BCUT2D eigenvalue weighted by molar-refractivity contribution is 0.0683. The molecule has 1 aliphatic rings. The maximum absolute atomic E-state index is 13.2. The Bertz CT molecular complexity index is 501. The minimum Gasteiger partial charge on any atom is -0.372 e. The summed E-state index contributed by atoms with van der Waals surface area (Å²) in [5.74, 6) is -0.361. The fourth-order valence-corrected chi connectivity index (χ4v) is 2.79. The van der Waals surface area contributed by atoms with Crippen LogP contribution in [-0.2, 0) is 0 Å². The molecule has 2 rings (SSSR count). The molecule has 0 spiro atoms. The molecule has 102 valence electrons. The van der Waals surface area contributed by atoms with Crippen LogP contribution >= 0.6 is 0 Å². The van der Waals surface area contributed by atoms with Gasteiger partial charge in [-0.05, 0) is 51.6 Å². The van der Waals surface area contributed by atoms with E-state index in [-0.39, 0.29) is 11.4 Å². The van der Waals surface area contributed by atoms with Crippen molar-refractivity contribution in [3.8, 4) is 6.07 Å².